The maximum absolute atomic E-state index is 14.7. The highest BCUT2D eigenvalue weighted by atomic mass is 32.2. The SMILES string of the molecule is COC1=CC2=C3C(=C4C=C(OC)S[C@@]4(C)[C@]2(C)S1)C(F)(F)C(F)(F)C3(F)F. The van der Waals surface area contributed by atoms with Gasteiger partial charge in [0.1, 0.15) is 0 Å². The Labute approximate surface area is 159 Å². The second-order valence-electron chi connectivity index (χ2n) is 6.91. The molecule has 0 saturated heterocycles. The van der Waals surface area contributed by atoms with Gasteiger partial charge >= 0.3 is 17.8 Å². The number of fused-ring (bicyclic) bond motifs is 4. The highest BCUT2D eigenvalue weighted by Gasteiger charge is 2.84. The third kappa shape index (κ3) is 1.84. The van der Waals surface area contributed by atoms with E-state index in [1.54, 1.807) is 13.8 Å². The first kappa shape index (κ1) is 19.2. The molecule has 0 aromatic carbocycles. The van der Waals surface area contributed by atoms with Crippen LogP contribution in [0.2, 0.25) is 0 Å². The molecule has 1 fully saturated rings. The molecule has 1 saturated carbocycles. The maximum atomic E-state index is 14.7. The van der Waals surface area contributed by atoms with Crippen molar-refractivity contribution in [1.82, 2.24) is 0 Å². The van der Waals surface area contributed by atoms with E-state index in [4.69, 9.17) is 9.47 Å². The van der Waals surface area contributed by atoms with E-state index in [0.717, 1.165) is 23.5 Å². The number of alkyl halides is 6. The Morgan fingerprint density at radius 2 is 1.04 bits per heavy atom. The molecule has 4 rings (SSSR count). The van der Waals surface area contributed by atoms with Gasteiger partial charge < -0.3 is 9.47 Å². The van der Waals surface area contributed by atoms with Crippen LogP contribution in [0.4, 0.5) is 26.3 Å². The summed E-state index contributed by atoms with van der Waals surface area (Å²) in [5.41, 5.74) is -3.13. The molecule has 4 aliphatic rings. The molecule has 148 valence electrons. The summed E-state index contributed by atoms with van der Waals surface area (Å²) in [6.45, 7) is 3.15. The minimum atomic E-state index is -5.54. The lowest BCUT2D eigenvalue weighted by Crippen LogP contribution is -2.49. The van der Waals surface area contributed by atoms with Crippen LogP contribution in [0.1, 0.15) is 13.8 Å². The first-order valence-corrected chi connectivity index (χ1v) is 9.46. The Morgan fingerprint density at radius 1 is 0.704 bits per heavy atom. The molecule has 0 bridgehead atoms. The molecule has 0 amide bonds. The first-order chi connectivity index (χ1) is 12.3. The van der Waals surface area contributed by atoms with Gasteiger partial charge in [0.2, 0.25) is 0 Å². The van der Waals surface area contributed by atoms with Gasteiger partial charge in [0.05, 0.1) is 23.7 Å². The fourth-order valence-corrected chi connectivity index (χ4v) is 6.77. The Balaban J connectivity index is 2.16. The third-order valence-corrected chi connectivity index (χ3v) is 8.85. The van der Waals surface area contributed by atoms with Gasteiger partial charge in [0, 0.05) is 11.1 Å². The molecule has 0 aromatic rings. The van der Waals surface area contributed by atoms with E-state index in [9.17, 15) is 26.3 Å². The van der Waals surface area contributed by atoms with Gasteiger partial charge in [0.15, 0.2) is 10.2 Å². The fourth-order valence-electron chi connectivity index (χ4n) is 4.05. The van der Waals surface area contributed by atoms with Crippen molar-refractivity contribution < 1.29 is 35.8 Å². The highest BCUT2D eigenvalue weighted by molar-refractivity contribution is 8.09. The van der Waals surface area contributed by atoms with Gasteiger partial charge in [-0.05, 0) is 37.1 Å². The number of hydrogen-bond acceptors (Lipinski definition) is 4. The standard InChI is InChI=1S/C17H14F6O2S2/c1-13-7(5-9(24-3)26-13)11-12(8-6-10(25-4)27-14(8,13)2)16(20,21)17(22,23)15(11,18)19/h5-6H,1-4H3/t13-,14-/m1/s1. The van der Waals surface area contributed by atoms with Crippen LogP contribution >= 0.6 is 23.5 Å². The normalized spacial score (nSPS) is 37.6. The average Bonchev–Trinajstić information content (AvgIpc) is 3.13. The van der Waals surface area contributed by atoms with Crippen molar-refractivity contribution in [3.05, 3.63) is 44.6 Å². The van der Waals surface area contributed by atoms with Gasteiger partial charge in [0.25, 0.3) is 0 Å². The second kappa shape index (κ2) is 5.06. The minimum Gasteiger partial charge on any atom is -0.490 e. The predicted octanol–water partition coefficient (Wildman–Crippen LogP) is 5.50. The second-order valence-corrected chi connectivity index (χ2v) is 9.75. The molecule has 2 atom stereocenters. The zero-order valence-corrected chi connectivity index (χ0v) is 16.2. The Morgan fingerprint density at radius 3 is 1.33 bits per heavy atom. The first-order valence-electron chi connectivity index (χ1n) is 7.83. The summed E-state index contributed by atoms with van der Waals surface area (Å²) in [5.74, 6) is -15.6. The molecule has 0 aromatic heterocycles. The van der Waals surface area contributed by atoms with Crippen LogP contribution in [0.25, 0.3) is 0 Å². The monoisotopic (exact) mass is 428 g/mol. The zero-order chi connectivity index (χ0) is 20.2. The van der Waals surface area contributed by atoms with E-state index in [-0.39, 0.29) is 21.3 Å². The zero-order valence-electron chi connectivity index (χ0n) is 14.6. The van der Waals surface area contributed by atoms with Gasteiger partial charge in [-0.1, -0.05) is 23.5 Å². The average molecular weight is 428 g/mol. The Kier molecular flexibility index (Phi) is 3.59. The van der Waals surface area contributed by atoms with Crippen LogP contribution in [0.3, 0.4) is 0 Å². The summed E-state index contributed by atoms with van der Waals surface area (Å²) in [4.78, 5) is 0. The largest absolute Gasteiger partial charge is 0.490 e. The minimum absolute atomic E-state index is 0.197. The molecule has 2 aliphatic carbocycles. The summed E-state index contributed by atoms with van der Waals surface area (Å²) >= 11 is 2.10. The molecule has 27 heavy (non-hydrogen) atoms. The molecular formula is C17H14F6O2S2. The summed E-state index contributed by atoms with van der Waals surface area (Å²) in [5, 5.41) is 0.394. The van der Waals surface area contributed by atoms with Crippen LogP contribution in [0, 0.1) is 0 Å². The van der Waals surface area contributed by atoms with Crippen LogP contribution in [0.15, 0.2) is 44.6 Å². The van der Waals surface area contributed by atoms with Gasteiger partial charge in [-0.2, -0.15) is 26.3 Å². The Bertz CT molecular complexity index is 818. The smallest absolute Gasteiger partial charge is 0.380 e. The lowest BCUT2D eigenvalue weighted by molar-refractivity contribution is -0.258. The third-order valence-electron chi connectivity index (χ3n) is 5.68. The molecule has 0 unspecified atom stereocenters. The number of hydrogen-bond donors (Lipinski definition) is 0. The lowest BCUT2D eigenvalue weighted by atomic mass is 9.71. The molecule has 2 nitrogen and oxygen atoms in total. The quantitative estimate of drug-likeness (QED) is 0.541. The van der Waals surface area contributed by atoms with E-state index in [2.05, 4.69) is 0 Å². The number of methoxy groups -OCH3 is 2. The number of ether oxygens (including phenoxy) is 2. The van der Waals surface area contributed by atoms with E-state index < -0.39 is 38.4 Å². The van der Waals surface area contributed by atoms with E-state index in [1.807, 2.05) is 0 Å². The number of rotatable bonds is 2. The van der Waals surface area contributed by atoms with Crippen molar-refractivity contribution in [3.8, 4) is 0 Å². The van der Waals surface area contributed by atoms with Gasteiger partial charge in [-0.3, -0.25) is 0 Å². The van der Waals surface area contributed by atoms with Gasteiger partial charge in [-0.25, -0.2) is 0 Å². The van der Waals surface area contributed by atoms with Crippen LogP contribution in [-0.2, 0) is 9.47 Å². The molecule has 0 radical (unpaired) electrons. The number of allylic oxidation sites excluding steroid dienone is 4. The highest BCUT2D eigenvalue weighted by Crippen LogP contribution is 2.74. The summed E-state index contributed by atoms with van der Waals surface area (Å²) < 4.78 is 95.1. The van der Waals surface area contributed by atoms with E-state index in [0.29, 0.717) is 0 Å². The molecule has 2 aliphatic heterocycles. The molecule has 0 N–H and O–H groups in total. The maximum Gasteiger partial charge on any atom is 0.380 e. The molecular weight excluding hydrogens is 414 g/mol. The molecule has 10 heteroatoms. The van der Waals surface area contributed by atoms with Crippen LogP contribution in [-0.4, -0.2) is 41.5 Å². The number of halogens is 6. The fraction of sp³-hybridized carbons (Fsp3) is 0.529. The predicted molar refractivity (Wildman–Crippen MR) is 91.1 cm³/mol. The van der Waals surface area contributed by atoms with Crippen molar-refractivity contribution in [2.24, 2.45) is 0 Å². The summed E-state index contributed by atoms with van der Waals surface area (Å²) in [6, 6.07) is 0. The van der Waals surface area contributed by atoms with Crippen LogP contribution in [0.5, 0.6) is 0 Å². The van der Waals surface area contributed by atoms with Crippen molar-refractivity contribution in [1.29, 1.82) is 0 Å². The molecule has 2 heterocycles. The molecule has 0 spiro atoms. The van der Waals surface area contributed by atoms with Crippen molar-refractivity contribution >= 4 is 23.5 Å². The van der Waals surface area contributed by atoms with E-state index in [1.165, 1.54) is 26.4 Å². The lowest BCUT2D eigenvalue weighted by Gasteiger charge is -2.46. The Hall–Kier alpha value is -1.16. The number of thioether (sulfide) groups is 2. The van der Waals surface area contributed by atoms with Crippen molar-refractivity contribution in [2.75, 3.05) is 14.2 Å². The summed E-state index contributed by atoms with van der Waals surface area (Å²) in [6.07, 6.45) is 2.33. The van der Waals surface area contributed by atoms with Crippen molar-refractivity contribution in [2.45, 2.75) is 41.1 Å². The van der Waals surface area contributed by atoms with Gasteiger partial charge in [-0.15, -0.1) is 0 Å². The van der Waals surface area contributed by atoms with E-state index >= 15 is 0 Å². The van der Waals surface area contributed by atoms with Crippen LogP contribution < -0.4 is 0 Å². The topological polar surface area (TPSA) is 18.5 Å². The summed E-state index contributed by atoms with van der Waals surface area (Å²) in [7, 11) is 2.61. The van der Waals surface area contributed by atoms with Crippen molar-refractivity contribution in [3.63, 3.8) is 0 Å².